The van der Waals surface area contributed by atoms with Gasteiger partial charge in [0.2, 0.25) is 5.91 Å². The average molecular weight is 363 g/mol. The van der Waals surface area contributed by atoms with Gasteiger partial charge in [0.1, 0.15) is 5.52 Å². The van der Waals surface area contributed by atoms with E-state index in [1.807, 2.05) is 35.1 Å². The van der Waals surface area contributed by atoms with Crippen LogP contribution in [0.15, 0.2) is 36.7 Å². The molecule has 0 saturated heterocycles. The van der Waals surface area contributed by atoms with Crippen molar-refractivity contribution in [2.45, 2.75) is 32.7 Å². The van der Waals surface area contributed by atoms with Crippen molar-refractivity contribution in [3.63, 3.8) is 0 Å². The second-order valence-corrected chi connectivity index (χ2v) is 6.92. The molecule has 7 heteroatoms. The van der Waals surface area contributed by atoms with Gasteiger partial charge in [-0.3, -0.25) is 14.4 Å². The standard InChI is InChI=1S/C17H19ClN4OS/c1-2-3-8-15(23)22(12-11-21-10-5-9-19-21)17-20-16-13(18)6-4-7-14(16)24-17/h4-7,9-10H,2-3,8,11-12H2,1H3. The molecule has 3 rings (SSSR count). The lowest BCUT2D eigenvalue weighted by Gasteiger charge is -2.19. The molecule has 1 amide bonds. The molecule has 0 unspecified atom stereocenters. The maximum Gasteiger partial charge on any atom is 0.228 e. The van der Waals surface area contributed by atoms with Gasteiger partial charge in [0, 0.05) is 25.4 Å². The molecule has 24 heavy (non-hydrogen) atoms. The summed E-state index contributed by atoms with van der Waals surface area (Å²) in [5.74, 6) is 0.0965. The van der Waals surface area contributed by atoms with E-state index in [1.165, 1.54) is 11.3 Å². The minimum Gasteiger partial charge on any atom is -0.286 e. The van der Waals surface area contributed by atoms with E-state index in [0.717, 1.165) is 23.1 Å². The molecule has 5 nitrogen and oxygen atoms in total. The molecule has 0 aliphatic rings. The minimum absolute atomic E-state index is 0.0965. The number of nitrogens with zero attached hydrogens (tertiary/aromatic N) is 4. The number of thiazole rings is 1. The number of anilines is 1. The smallest absolute Gasteiger partial charge is 0.228 e. The first-order valence-corrected chi connectivity index (χ1v) is 9.21. The summed E-state index contributed by atoms with van der Waals surface area (Å²) in [5.41, 5.74) is 0.756. The van der Waals surface area contributed by atoms with Gasteiger partial charge in [-0.2, -0.15) is 5.10 Å². The number of hydrogen-bond acceptors (Lipinski definition) is 4. The van der Waals surface area contributed by atoms with Crippen LogP contribution in [0.2, 0.25) is 5.02 Å². The Kier molecular flexibility index (Phi) is 5.48. The number of carbonyl (C=O) groups excluding carboxylic acids is 1. The van der Waals surface area contributed by atoms with E-state index in [1.54, 1.807) is 11.1 Å². The second-order valence-electron chi connectivity index (χ2n) is 5.50. The molecule has 0 bridgehead atoms. The molecule has 0 fully saturated rings. The first-order valence-electron chi connectivity index (χ1n) is 8.02. The molecule has 0 radical (unpaired) electrons. The fourth-order valence-electron chi connectivity index (χ4n) is 2.44. The Hall–Kier alpha value is -1.92. The number of rotatable bonds is 7. The number of amides is 1. The van der Waals surface area contributed by atoms with Gasteiger partial charge in [-0.15, -0.1) is 0 Å². The zero-order chi connectivity index (χ0) is 16.9. The van der Waals surface area contributed by atoms with E-state index in [-0.39, 0.29) is 5.91 Å². The Labute approximate surface area is 149 Å². The molecular formula is C17H19ClN4OS. The van der Waals surface area contributed by atoms with Crippen LogP contribution in [0.1, 0.15) is 26.2 Å². The summed E-state index contributed by atoms with van der Waals surface area (Å²) >= 11 is 7.72. The normalized spacial score (nSPS) is 11.1. The van der Waals surface area contributed by atoms with E-state index >= 15 is 0 Å². The third-order valence-corrected chi connectivity index (χ3v) is 5.10. The lowest BCUT2D eigenvalue weighted by Crippen LogP contribution is -2.33. The molecule has 1 aromatic carbocycles. The second kappa shape index (κ2) is 7.77. The Morgan fingerprint density at radius 1 is 1.38 bits per heavy atom. The van der Waals surface area contributed by atoms with Crippen LogP contribution in [0.5, 0.6) is 0 Å². The number of benzene rings is 1. The predicted octanol–water partition coefficient (Wildman–Crippen LogP) is 4.37. The summed E-state index contributed by atoms with van der Waals surface area (Å²) in [7, 11) is 0. The van der Waals surface area contributed by atoms with E-state index in [9.17, 15) is 4.79 Å². The Morgan fingerprint density at radius 2 is 2.25 bits per heavy atom. The van der Waals surface area contributed by atoms with Crippen molar-refractivity contribution in [3.05, 3.63) is 41.7 Å². The van der Waals surface area contributed by atoms with Gasteiger partial charge in [-0.1, -0.05) is 42.3 Å². The van der Waals surface area contributed by atoms with Crippen LogP contribution in [0, 0.1) is 0 Å². The molecule has 0 N–H and O–H groups in total. The Morgan fingerprint density at radius 3 is 2.96 bits per heavy atom. The molecule has 126 valence electrons. The number of fused-ring (bicyclic) bond motifs is 1. The quantitative estimate of drug-likeness (QED) is 0.627. The van der Waals surface area contributed by atoms with Gasteiger partial charge in [0.05, 0.1) is 16.3 Å². The molecule has 2 aromatic heterocycles. The van der Waals surface area contributed by atoms with Crippen LogP contribution in [0.3, 0.4) is 0 Å². The number of para-hydroxylation sites is 1. The number of halogens is 1. The van der Waals surface area contributed by atoms with Crippen LogP contribution in [-0.4, -0.2) is 27.2 Å². The summed E-state index contributed by atoms with van der Waals surface area (Å²) < 4.78 is 2.81. The van der Waals surface area contributed by atoms with Gasteiger partial charge in [-0.05, 0) is 24.6 Å². The van der Waals surface area contributed by atoms with Gasteiger partial charge in [-0.25, -0.2) is 4.98 Å². The van der Waals surface area contributed by atoms with Gasteiger partial charge in [0.25, 0.3) is 0 Å². The molecule has 0 aliphatic heterocycles. The zero-order valence-corrected chi connectivity index (χ0v) is 15.1. The van der Waals surface area contributed by atoms with Crippen molar-refractivity contribution in [2.75, 3.05) is 11.4 Å². The number of carbonyl (C=O) groups is 1. The highest BCUT2D eigenvalue weighted by atomic mass is 35.5. The monoisotopic (exact) mass is 362 g/mol. The molecule has 0 spiro atoms. The van der Waals surface area contributed by atoms with Crippen LogP contribution in [0.25, 0.3) is 10.2 Å². The largest absolute Gasteiger partial charge is 0.286 e. The molecule has 3 aromatic rings. The highest BCUT2D eigenvalue weighted by Gasteiger charge is 2.20. The van der Waals surface area contributed by atoms with Crippen LogP contribution < -0.4 is 4.90 Å². The van der Waals surface area contributed by atoms with Gasteiger partial charge >= 0.3 is 0 Å². The third kappa shape index (κ3) is 3.76. The minimum atomic E-state index is 0.0965. The summed E-state index contributed by atoms with van der Waals surface area (Å²) in [4.78, 5) is 19.0. The number of hydrogen-bond donors (Lipinski definition) is 0. The van der Waals surface area contributed by atoms with Crippen LogP contribution >= 0.6 is 22.9 Å². The van der Waals surface area contributed by atoms with E-state index < -0.39 is 0 Å². The molecule has 2 heterocycles. The van der Waals surface area contributed by atoms with Crippen molar-refractivity contribution in [3.8, 4) is 0 Å². The fourth-order valence-corrected chi connectivity index (χ4v) is 3.75. The molecule has 0 aliphatic carbocycles. The Balaban J connectivity index is 1.86. The lowest BCUT2D eigenvalue weighted by atomic mass is 10.2. The van der Waals surface area contributed by atoms with Crippen LogP contribution in [0.4, 0.5) is 5.13 Å². The van der Waals surface area contributed by atoms with E-state index in [0.29, 0.717) is 29.7 Å². The first kappa shape index (κ1) is 16.9. The SMILES string of the molecule is CCCCC(=O)N(CCn1cccn1)c1nc2c(Cl)cccc2s1. The van der Waals surface area contributed by atoms with Crippen molar-refractivity contribution in [2.24, 2.45) is 0 Å². The maximum absolute atomic E-state index is 12.7. The number of aromatic nitrogens is 3. The first-order chi connectivity index (χ1) is 11.7. The van der Waals surface area contributed by atoms with E-state index in [4.69, 9.17) is 11.6 Å². The van der Waals surface area contributed by atoms with Crippen molar-refractivity contribution in [1.29, 1.82) is 0 Å². The average Bonchev–Trinajstić information content (AvgIpc) is 3.23. The Bertz CT molecular complexity index is 815. The van der Waals surface area contributed by atoms with E-state index in [2.05, 4.69) is 17.0 Å². The zero-order valence-electron chi connectivity index (χ0n) is 13.5. The molecule has 0 saturated carbocycles. The highest BCUT2D eigenvalue weighted by Crippen LogP contribution is 2.33. The summed E-state index contributed by atoms with van der Waals surface area (Å²) in [6, 6.07) is 7.57. The molecular weight excluding hydrogens is 344 g/mol. The highest BCUT2D eigenvalue weighted by molar-refractivity contribution is 7.22. The summed E-state index contributed by atoms with van der Waals surface area (Å²) in [6.07, 6.45) is 6.02. The van der Waals surface area contributed by atoms with Gasteiger partial charge in [0.15, 0.2) is 5.13 Å². The third-order valence-electron chi connectivity index (χ3n) is 3.75. The van der Waals surface area contributed by atoms with Crippen molar-refractivity contribution < 1.29 is 4.79 Å². The maximum atomic E-state index is 12.7. The van der Waals surface area contributed by atoms with Crippen molar-refractivity contribution >= 4 is 44.2 Å². The van der Waals surface area contributed by atoms with Gasteiger partial charge < -0.3 is 0 Å². The molecule has 0 atom stereocenters. The van der Waals surface area contributed by atoms with Crippen molar-refractivity contribution in [1.82, 2.24) is 14.8 Å². The fraction of sp³-hybridized carbons (Fsp3) is 0.353. The van der Waals surface area contributed by atoms with Crippen LogP contribution in [-0.2, 0) is 11.3 Å². The lowest BCUT2D eigenvalue weighted by molar-refractivity contribution is -0.118. The summed E-state index contributed by atoms with van der Waals surface area (Å²) in [5, 5.41) is 5.52. The predicted molar refractivity (Wildman–Crippen MR) is 98.7 cm³/mol. The topological polar surface area (TPSA) is 51.0 Å². The summed E-state index contributed by atoms with van der Waals surface area (Å²) in [6.45, 7) is 3.26. The number of unbranched alkanes of at least 4 members (excludes halogenated alkanes) is 1.